The summed E-state index contributed by atoms with van der Waals surface area (Å²) >= 11 is 6.98. The van der Waals surface area contributed by atoms with Gasteiger partial charge in [-0.2, -0.15) is 0 Å². The van der Waals surface area contributed by atoms with Crippen molar-refractivity contribution in [2.24, 2.45) is 0 Å². The first kappa shape index (κ1) is 11.0. The molecule has 0 atom stereocenters. The fraction of sp³-hybridized carbons (Fsp3) is 0.125. The van der Waals surface area contributed by atoms with Crippen molar-refractivity contribution in [2.45, 2.75) is 5.16 Å². The molecule has 0 bridgehead atoms. The number of hydrogen-bond donors (Lipinski definition) is 2. The quantitative estimate of drug-likeness (QED) is 0.472. The van der Waals surface area contributed by atoms with Crippen molar-refractivity contribution in [2.75, 3.05) is 11.6 Å². The number of anilines is 1. The highest BCUT2D eigenvalue weighted by molar-refractivity contribution is 7.98. The van der Waals surface area contributed by atoms with Crippen molar-refractivity contribution >= 4 is 34.2 Å². The maximum Gasteiger partial charge on any atom is 0.188 e. The van der Waals surface area contributed by atoms with E-state index < -0.39 is 0 Å². The molecule has 0 radical (unpaired) electrons. The summed E-state index contributed by atoms with van der Waals surface area (Å²) in [5, 5.41) is 10.6. The van der Waals surface area contributed by atoms with Gasteiger partial charge in [0.25, 0.3) is 0 Å². The molecule has 14 heavy (non-hydrogen) atoms. The Morgan fingerprint density at radius 3 is 3.00 bits per heavy atom. The minimum absolute atomic E-state index is 0.118. The molecular weight excluding hydrogens is 220 g/mol. The number of aromatic nitrogens is 2. The Hall–Kier alpha value is -1.07. The lowest BCUT2D eigenvalue weighted by Gasteiger charge is -2.06. The first-order valence-electron chi connectivity index (χ1n) is 3.72. The molecule has 0 aliphatic heterocycles. The summed E-state index contributed by atoms with van der Waals surface area (Å²) in [7, 11) is 0. The second kappa shape index (κ2) is 4.97. The van der Waals surface area contributed by atoms with Crippen LogP contribution in [-0.4, -0.2) is 21.4 Å². The smallest absolute Gasteiger partial charge is 0.188 e. The molecule has 4 nitrogen and oxygen atoms in total. The van der Waals surface area contributed by atoms with Gasteiger partial charge in [-0.25, -0.2) is 9.97 Å². The number of nitrogens with one attached hydrogen (secondary N) is 2. The van der Waals surface area contributed by atoms with Crippen molar-refractivity contribution < 1.29 is 0 Å². The van der Waals surface area contributed by atoms with Crippen LogP contribution >= 0.6 is 23.4 Å². The van der Waals surface area contributed by atoms with E-state index in [-0.39, 0.29) is 5.17 Å². The molecule has 6 heteroatoms. The molecule has 74 valence electrons. The Labute approximate surface area is 91.3 Å². The second-order valence-corrected chi connectivity index (χ2v) is 3.43. The Morgan fingerprint density at radius 1 is 1.79 bits per heavy atom. The van der Waals surface area contributed by atoms with E-state index in [9.17, 15) is 0 Å². The second-order valence-electron chi connectivity index (χ2n) is 2.28. The van der Waals surface area contributed by atoms with Crippen LogP contribution in [0.4, 0.5) is 5.69 Å². The normalized spacial score (nSPS) is 9.57. The molecule has 0 aliphatic rings. The third kappa shape index (κ3) is 2.46. The van der Waals surface area contributed by atoms with Gasteiger partial charge in [-0.3, -0.25) is 5.41 Å². The SMILES string of the molecule is C=CNc1cnc(SC)nc1C(=N)Cl. The number of halogens is 1. The van der Waals surface area contributed by atoms with Crippen molar-refractivity contribution in [3.8, 4) is 0 Å². The molecule has 1 aromatic rings. The van der Waals surface area contributed by atoms with Gasteiger partial charge < -0.3 is 5.32 Å². The van der Waals surface area contributed by atoms with Gasteiger partial charge in [-0.05, 0) is 12.5 Å². The van der Waals surface area contributed by atoms with Crippen LogP contribution < -0.4 is 5.32 Å². The van der Waals surface area contributed by atoms with Crippen LogP contribution in [0.15, 0.2) is 24.1 Å². The van der Waals surface area contributed by atoms with E-state index in [1.165, 1.54) is 18.0 Å². The van der Waals surface area contributed by atoms with Crippen molar-refractivity contribution in [1.82, 2.24) is 9.97 Å². The summed E-state index contributed by atoms with van der Waals surface area (Å²) in [6.07, 6.45) is 4.92. The molecule has 1 heterocycles. The summed E-state index contributed by atoms with van der Waals surface area (Å²) in [4.78, 5) is 8.14. The van der Waals surface area contributed by atoms with Gasteiger partial charge in [0.2, 0.25) is 0 Å². The summed E-state index contributed by atoms with van der Waals surface area (Å²) in [6.45, 7) is 3.51. The van der Waals surface area contributed by atoms with E-state index in [0.29, 0.717) is 16.5 Å². The topological polar surface area (TPSA) is 61.7 Å². The van der Waals surface area contributed by atoms with Crippen LogP contribution in [0.3, 0.4) is 0 Å². The van der Waals surface area contributed by atoms with Gasteiger partial charge in [-0.15, -0.1) is 0 Å². The maximum atomic E-state index is 7.32. The van der Waals surface area contributed by atoms with Crippen molar-refractivity contribution in [1.29, 1.82) is 5.41 Å². The lowest BCUT2D eigenvalue weighted by molar-refractivity contribution is 0.964. The molecule has 0 unspecified atom stereocenters. The highest BCUT2D eigenvalue weighted by Gasteiger charge is 2.08. The highest BCUT2D eigenvalue weighted by atomic mass is 35.5. The van der Waals surface area contributed by atoms with Crippen molar-refractivity contribution in [3.05, 3.63) is 24.7 Å². The summed E-state index contributed by atoms with van der Waals surface area (Å²) < 4.78 is 0. The molecule has 0 aromatic carbocycles. The monoisotopic (exact) mass is 228 g/mol. The van der Waals surface area contributed by atoms with Gasteiger partial charge >= 0.3 is 0 Å². The standard InChI is InChI=1S/C8H9ClN4S/c1-3-11-5-4-12-8(14-2)13-6(5)7(9)10/h3-4,10-11H,1H2,2H3. The zero-order valence-electron chi connectivity index (χ0n) is 7.54. The zero-order valence-corrected chi connectivity index (χ0v) is 9.11. The largest absolute Gasteiger partial charge is 0.359 e. The van der Waals surface area contributed by atoms with Gasteiger partial charge in [0.1, 0.15) is 10.9 Å². The molecule has 0 fully saturated rings. The van der Waals surface area contributed by atoms with Crippen LogP contribution in [0.2, 0.25) is 0 Å². The lowest BCUT2D eigenvalue weighted by Crippen LogP contribution is -2.03. The van der Waals surface area contributed by atoms with E-state index in [2.05, 4.69) is 21.9 Å². The van der Waals surface area contributed by atoms with E-state index in [0.717, 1.165) is 0 Å². The van der Waals surface area contributed by atoms with Gasteiger partial charge in [0.05, 0.1) is 11.9 Å². The third-order valence-corrected chi connectivity index (χ3v) is 2.16. The molecule has 0 spiro atoms. The predicted molar refractivity (Wildman–Crippen MR) is 60.3 cm³/mol. The fourth-order valence-electron chi connectivity index (χ4n) is 0.847. The fourth-order valence-corrected chi connectivity index (χ4v) is 1.33. The molecule has 0 saturated carbocycles. The Balaban J connectivity index is 3.16. The van der Waals surface area contributed by atoms with Crippen LogP contribution in [-0.2, 0) is 0 Å². The molecule has 0 aliphatic carbocycles. The van der Waals surface area contributed by atoms with E-state index >= 15 is 0 Å². The van der Waals surface area contributed by atoms with Crippen LogP contribution in [0.5, 0.6) is 0 Å². The number of thioether (sulfide) groups is 1. The summed E-state index contributed by atoms with van der Waals surface area (Å²) in [5.41, 5.74) is 0.962. The number of nitrogens with zero attached hydrogens (tertiary/aromatic N) is 2. The molecule has 0 amide bonds. The molecule has 2 N–H and O–H groups in total. The van der Waals surface area contributed by atoms with Gasteiger partial charge in [-0.1, -0.05) is 29.9 Å². The molecule has 1 aromatic heterocycles. The van der Waals surface area contributed by atoms with E-state index in [1.807, 2.05) is 6.26 Å². The van der Waals surface area contributed by atoms with Gasteiger partial charge in [0, 0.05) is 0 Å². The minimum Gasteiger partial charge on any atom is -0.359 e. The Kier molecular flexibility index (Phi) is 3.91. The first-order chi connectivity index (χ1) is 6.69. The average Bonchev–Trinajstić information content (AvgIpc) is 2.18. The first-order valence-corrected chi connectivity index (χ1v) is 5.32. The molecule has 1 rings (SSSR count). The maximum absolute atomic E-state index is 7.32. The van der Waals surface area contributed by atoms with Gasteiger partial charge in [0.15, 0.2) is 5.16 Å². The Bertz CT molecular complexity index is 366. The van der Waals surface area contributed by atoms with Crippen LogP contribution in [0.25, 0.3) is 0 Å². The minimum atomic E-state index is -0.118. The van der Waals surface area contributed by atoms with Crippen LogP contribution in [0.1, 0.15) is 5.69 Å². The van der Waals surface area contributed by atoms with E-state index in [1.54, 1.807) is 6.20 Å². The molecular formula is C8H9ClN4S. The summed E-state index contributed by atoms with van der Waals surface area (Å²) in [6, 6.07) is 0. The number of hydrogen-bond acceptors (Lipinski definition) is 5. The molecule has 0 saturated heterocycles. The zero-order chi connectivity index (χ0) is 10.6. The summed E-state index contributed by atoms with van der Waals surface area (Å²) in [5.74, 6) is 0. The van der Waals surface area contributed by atoms with Crippen LogP contribution in [0, 0.1) is 5.41 Å². The lowest BCUT2D eigenvalue weighted by atomic mass is 10.3. The van der Waals surface area contributed by atoms with Crippen molar-refractivity contribution in [3.63, 3.8) is 0 Å². The van der Waals surface area contributed by atoms with E-state index in [4.69, 9.17) is 17.0 Å². The Morgan fingerprint density at radius 2 is 2.50 bits per heavy atom. The number of rotatable bonds is 4. The predicted octanol–water partition coefficient (Wildman–Crippen LogP) is 2.32. The third-order valence-electron chi connectivity index (χ3n) is 1.41. The average molecular weight is 229 g/mol. The highest BCUT2D eigenvalue weighted by Crippen LogP contribution is 2.17.